The number of halogens is 1. The fourth-order valence-electron chi connectivity index (χ4n) is 1.23. The zero-order valence-electron chi connectivity index (χ0n) is 10.4. The Morgan fingerprint density at radius 3 is 2.83 bits per heavy atom. The average Bonchev–Trinajstić information content (AvgIpc) is 2.35. The summed E-state index contributed by atoms with van der Waals surface area (Å²) in [5, 5.41) is 11.6. The van der Waals surface area contributed by atoms with E-state index in [0.717, 1.165) is 0 Å². The SMILES string of the molecule is C=C[C@H](CO)NC(=O)c1nc(C(C)C)ncc1Br. The lowest BCUT2D eigenvalue weighted by Crippen LogP contribution is -2.36. The lowest BCUT2D eigenvalue weighted by Gasteiger charge is -2.13. The molecule has 0 aliphatic heterocycles. The summed E-state index contributed by atoms with van der Waals surface area (Å²) < 4.78 is 0.519. The third-order valence-electron chi connectivity index (χ3n) is 2.29. The molecule has 5 nitrogen and oxygen atoms in total. The van der Waals surface area contributed by atoms with Crippen LogP contribution in [-0.4, -0.2) is 33.6 Å². The topological polar surface area (TPSA) is 75.1 Å². The van der Waals surface area contributed by atoms with E-state index in [1.54, 1.807) is 6.20 Å². The Kier molecular flexibility index (Phi) is 5.43. The van der Waals surface area contributed by atoms with Gasteiger partial charge in [0, 0.05) is 12.1 Å². The van der Waals surface area contributed by atoms with Gasteiger partial charge in [-0.15, -0.1) is 6.58 Å². The zero-order valence-corrected chi connectivity index (χ0v) is 11.9. The minimum absolute atomic E-state index is 0.137. The molecule has 0 fully saturated rings. The van der Waals surface area contributed by atoms with Crippen LogP contribution >= 0.6 is 15.9 Å². The summed E-state index contributed by atoms with van der Waals surface area (Å²) in [6.45, 7) is 7.23. The number of carbonyl (C=O) groups excluding carboxylic acids is 1. The minimum atomic E-state index is -0.484. The maximum Gasteiger partial charge on any atom is 0.271 e. The first-order valence-electron chi connectivity index (χ1n) is 5.56. The van der Waals surface area contributed by atoms with Crippen molar-refractivity contribution in [1.29, 1.82) is 0 Å². The lowest BCUT2D eigenvalue weighted by atomic mass is 10.2. The first kappa shape index (κ1) is 14.8. The van der Waals surface area contributed by atoms with Gasteiger partial charge in [0.1, 0.15) is 11.5 Å². The number of amides is 1. The van der Waals surface area contributed by atoms with Gasteiger partial charge in [-0.3, -0.25) is 4.79 Å². The molecule has 18 heavy (non-hydrogen) atoms. The van der Waals surface area contributed by atoms with Gasteiger partial charge in [-0.1, -0.05) is 19.9 Å². The van der Waals surface area contributed by atoms with Gasteiger partial charge in [0.2, 0.25) is 0 Å². The maximum absolute atomic E-state index is 12.0. The molecule has 0 bridgehead atoms. The van der Waals surface area contributed by atoms with Crippen molar-refractivity contribution in [2.24, 2.45) is 0 Å². The molecule has 98 valence electrons. The Labute approximate surface area is 114 Å². The Hall–Kier alpha value is -1.27. The normalized spacial score (nSPS) is 12.3. The quantitative estimate of drug-likeness (QED) is 0.810. The highest BCUT2D eigenvalue weighted by atomic mass is 79.9. The molecule has 6 heteroatoms. The molecule has 0 saturated heterocycles. The monoisotopic (exact) mass is 313 g/mol. The van der Waals surface area contributed by atoms with Gasteiger partial charge >= 0.3 is 0 Å². The smallest absolute Gasteiger partial charge is 0.271 e. The lowest BCUT2D eigenvalue weighted by molar-refractivity contribution is 0.0923. The van der Waals surface area contributed by atoms with Crippen LogP contribution in [0.4, 0.5) is 0 Å². The molecule has 1 heterocycles. The Morgan fingerprint density at radius 1 is 1.67 bits per heavy atom. The molecule has 0 unspecified atom stereocenters. The van der Waals surface area contributed by atoms with Crippen LogP contribution in [0, 0.1) is 0 Å². The van der Waals surface area contributed by atoms with Crippen LogP contribution in [0.2, 0.25) is 0 Å². The molecular weight excluding hydrogens is 298 g/mol. The van der Waals surface area contributed by atoms with Gasteiger partial charge in [-0.25, -0.2) is 9.97 Å². The number of nitrogens with zero attached hydrogens (tertiary/aromatic N) is 2. The second-order valence-electron chi connectivity index (χ2n) is 4.08. The van der Waals surface area contributed by atoms with Crippen LogP contribution in [0.5, 0.6) is 0 Å². The van der Waals surface area contributed by atoms with Crippen molar-refractivity contribution in [3.8, 4) is 0 Å². The summed E-state index contributed by atoms with van der Waals surface area (Å²) in [5.41, 5.74) is 0.258. The molecule has 0 radical (unpaired) electrons. The second-order valence-corrected chi connectivity index (χ2v) is 4.93. The van der Waals surface area contributed by atoms with E-state index >= 15 is 0 Å². The van der Waals surface area contributed by atoms with Crippen LogP contribution in [-0.2, 0) is 0 Å². The Balaban J connectivity index is 2.97. The van der Waals surface area contributed by atoms with E-state index in [0.29, 0.717) is 10.3 Å². The molecular formula is C12H16BrN3O2. The summed E-state index contributed by atoms with van der Waals surface area (Å²) in [6, 6.07) is -0.484. The van der Waals surface area contributed by atoms with Crippen LogP contribution in [0.25, 0.3) is 0 Å². The predicted octanol–water partition coefficient (Wildman–Crippen LogP) is 1.64. The Morgan fingerprint density at radius 2 is 2.33 bits per heavy atom. The van der Waals surface area contributed by atoms with E-state index in [-0.39, 0.29) is 24.1 Å². The van der Waals surface area contributed by atoms with Gasteiger partial charge in [0.25, 0.3) is 5.91 Å². The van der Waals surface area contributed by atoms with Gasteiger partial charge in [-0.2, -0.15) is 0 Å². The fourth-order valence-corrected chi connectivity index (χ4v) is 1.61. The van der Waals surface area contributed by atoms with Gasteiger partial charge in [0.15, 0.2) is 0 Å². The summed E-state index contributed by atoms with van der Waals surface area (Å²) in [6.07, 6.45) is 3.02. The van der Waals surface area contributed by atoms with Crippen LogP contribution in [0.1, 0.15) is 36.1 Å². The highest BCUT2D eigenvalue weighted by Crippen LogP contribution is 2.17. The molecule has 0 aliphatic carbocycles. The number of aliphatic hydroxyl groups excluding tert-OH is 1. The number of nitrogens with one attached hydrogen (secondary N) is 1. The Bertz CT molecular complexity index is 449. The second kappa shape index (κ2) is 6.61. The number of aromatic nitrogens is 2. The molecule has 1 atom stereocenters. The summed E-state index contributed by atoms with van der Waals surface area (Å²) in [4.78, 5) is 20.3. The van der Waals surface area contributed by atoms with E-state index in [1.807, 2.05) is 13.8 Å². The number of hydrogen-bond acceptors (Lipinski definition) is 4. The number of aliphatic hydroxyl groups is 1. The first-order chi connectivity index (χ1) is 8.49. The highest BCUT2D eigenvalue weighted by molar-refractivity contribution is 9.10. The van der Waals surface area contributed by atoms with E-state index in [1.165, 1.54) is 6.08 Å². The van der Waals surface area contributed by atoms with Gasteiger partial charge in [0.05, 0.1) is 17.1 Å². The molecule has 2 N–H and O–H groups in total. The largest absolute Gasteiger partial charge is 0.394 e. The van der Waals surface area contributed by atoms with Gasteiger partial charge in [-0.05, 0) is 15.9 Å². The molecule has 0 aromatic carbocycles. The molecule has 1 aromatic rings. The van der Waals surface area contributed by atoms with Crippen LogP contribution in [0.3, 0.4) is 0 Å². The molecule has 1 amide bonds. The third-order valence-corrected chi connectivity index (χ3v) is 2.87. The van der Waals surface area contributed by atoms with Crippen LogP contribution < -0.4 is 5.32 Å². The zero-order chi connectivity index (χ0) is 13.7. The summed E-state index contributed by atoms with van der Waals surface area (Å²) >= 11 is 3.24. The van der Waals surface area contributed by atoms with Gasteiger partial charge < -0.3 is 10.4 Å². The number of hydrogen-bond donors (Lipinski definition) is 2. The minimum Gasteiger partial charge on any atom is -0.394 e. The standard InChI is InChI=1S/C12H16BrN3O2/c1-4-8(6-17)15-12(18)10-9(13)5-14-11(16-10)7(2)3/h4-5,7-8,17H,1,6H2,2-3H3,(H,15,18)/t8-/m1/s1. The van der Waals surface area contributed by atoms with Crippen molar-refractivity contribution in [3.63, 3.8) is 0 Å². The molecule has 1 rings (SSSR count). The first-order valence-corrected chi connectivity index (χ1v) is 6.35. The fraction of sp³-hybridized carbons (Fsp3) is 0.417. The average molecular weight is 314 g/mol. The van der Waals surface area contributed by atoms with Crippen molar-refractivity contribution in [1.82, 2.24) is 15.3 Å². The molecule has 0 aliphatic rings. The van der Waals surface area contributed by atoms with E-state index in [4.69, 9.17) is 5.11 Å². The number of rotatable bonds is 5. The molecule has 0 spiro atoms. The van der Waals surface area contributed by atoms with E-state index in [2.05, 4.69) is 37.8 Å². The van der Waals surface area contributed by atoms with E-state index in [9.17, 15) is 4.79 Å². The van der Waals surface area contributed by atoms with Crippen molar-refractivity contribution in [2.75, 3.05) is 6.61 Å². The van der Waals surface area contributed by atoms with E-state index < -0.39 is 6.04 Å². The summed E-state index contributed by atoms with van der Waals surface area (Å²) in [7, 11) is 0. The van der Waals surface area contributed by atoms with Crippen molar-refractivity contribution < 1.29 is 9.90 Å². The molecule has 1 aromatic heterocycles. The third kappa shape index (κ3) is 3.61. The highest BCUT2D eigenvalue weighted by Gasteiger charge is 2.17. The van der Waals surface area contributed by atoms with Crippen LogP contribution in [0.15, 0.2) is 23.3 Å². The predicted molar refractivity (Wildman–Crippen MR) is 72.4 cm³/mol. The maximum atomic E-state index is 12.0. The number of carbonyl (C=O) groups is 1. The van der Waals surface area contributed by atoms with Crippen molar-refractivity contribution in [3.05, 3.63) is 34.8 Å². The summed E-state index contributed by atoms with van der Waals surface area (Å²) in [5.74, 6) is 0.366. The molecule has 0 saturated carbocycles. The van der Waals surface area contributed by atoms with Crippen molar-refractivity contribution >= 4 is 21.8 Å². The van der Waals surface area contributed by atoms with Crippen molar-refractivity contribution in [2.45, 2.75) is 25.8 Å².